The molecule has 2 aromatic rings. The highest BCUT2D eigenvalue weighted by atomic mass is 79.9. The zero-order chi connectivity index (χ0) is 13.8. The standard InChI is InChI=1S/C13H7Br2N3O/c14-9-2-3-10(11(15)5-9)13(19)18-12-4-1-8(6-16)7-17-12/h1-5,7H,(H,17,18,19). The van der Waals surface area contributed by atoms with E-state index in [9.17, 15) is 4.79 Å². The number of halogens is 2. The van der Waals surface area contributed by atoms with Gasteiger partial charge >= 0.3 is 0 Å². The first kappa shape index (κ1) is 13.7. The highest BCUT2D eigenvalue weighted by Gasteiger charge is 2.11. The number of pyridine rings is 1. The number of nitrogens with zero attached hydrogens (tertiary/aromatic N) is 2. The van der Waals surface area contributed by atoms with Crippen molar-refractivity contribution in [2.75, 3.05) is 5.32 Å². The Bertz CT molecular complexity index is 663. The molecule has 0 saturated carbocycles. The van der Waals surface area contributed by atoms with Crippen molar-refractivity contribution in [2.45, 2.75) is 0 Å². The lowest BCUT2D eigenvalue weighted by Crippen LogP contribution is -2.13. The van der Waals surface area contributed by atoms with Crippen LogP contribution in [0.15, 0.2) is 45.5 Å². The zero-order valence-electron chi connectivity index (χ0n) is 9.52. The molecule has 1 N–H and O–H groups in total. The van der Waals surface area contributed by atoms with Gasteiger partial charge in [-0.2, -0.15) is 5.26 Å². The fraction of sp³-hybridized carbons (Fsp3) is 0. The van der Waals surface area contributed by atoms with Crippen molar-refractivity contribution in [2.24, 2.45) is 0 Å². The summed E-state index contributed by atoms with van der Waals surface area (Å²) in [6.45, 7) is 0. The Morgan fingerprint density at radius 1 is 1.26 bits per heavy atom. The Balaban J connectivity index is 2.18. The van der Waals surface area contributed by atoms with Gasteiger partial charge in [0.1, 0.15) is 11.9 Å². The molecule has 1 aromatic carbocycles. The number of rotatable bonds is 2. The van der Waals surface area contributed by atoms with Crippen LogP contribution in [-0.2, 0) is 0 Å². The molecule has 0 atom stereocenters. The number of hydrogen-bond acceptors (Lipinski definition) is 3. The summed E-state index contributed by atoms with van der Waals surface area (Å²) < 4.78 is 1.57. The number of nitriles is 1. The van der Waals surface area contributed by atoms with E-state index in [1.54, 1.807) is 30.3 Å². The van der Waals surface area contributed by atoms with Crippen molar-refractivity contribution >= 4 is 43.6 Å². The monoisotopic (exact) mass is 379 g/mol. The van der Waals surface area contributed by atoms with E-state index >= 15 is 0 Å². The lowest BCUT2D eigenvalue weighted by molar-refractivity contribution is 0.102. The summed E-state index contributed by atoms with van der Waals surface area (Å²) in [5, 5.41) is 11.3. The fourth-order valence-electron chi connectivity index (χ4n) is 1.39. The average Bonchev–Trinajstić information content (AvgIpc) is 2.39. The Hall–Kier alpha value is -1.71. The largest absolute Gasteiger partial charge is 0.307 e. The van der Waals surface area contributed by atoms with E-state index in [1.807, 2.05) is 6.07 Å². The molecule has 1 amide bonds. The Morgan fingerprint density at radius 3 is 2.63 bits per heavy atom. The van der Waals surface area contributed by atoms with E-state index in [2.05, 4.69) is 42.2 Å². The van der Waals surface area contributed by atoms with Gasteiger partial charge < -0.3 is 5.32 Å². The van der Waals surface area contributed by atoms with Crippen molar-refractivity contribution in [1.29, 1.82) is 5.26 Å². The van der Waals surface area contributed by atoms with E-state index in [0.29, 0.717) is 21.4 Å². The summed E-state index contributed by atoms with van der Waals surface area (Å²) in [4.78, 5) is 16.0. The predicted molar refractivity (Wildman–Crippen MR) is 78.7 cm³/mol. The topological polar surface area (TPSA) is 65.8 Å². The van der Waals surface area contributed by atoms with Crippen LogP contribution in [0.1, 0.15) is 15.9 Å². The van der Waals surface area contributed by atoms with Gasteiger partial charge in [0.05, 0.1) is 11.1 Å². The van der Waals surface area contributed by atoms with Crippen LogP contribution < -0.4 is 5.32 Å². The first-order valence-corrected chi connectivity index (χ1v) is 6.81. The van der Waals surface area contributed by atoms with Crippen molar-refractivity contribution in [1.82, 2.24) is 4.98 Å². The van der Waals surface area contributed by atoms with Gasteiger partial charge in [0.15, 0.2) is 0 Å². The quantitative estimate of drug-likeness (QED) is 0.863. The summed E-state index contributed by atoms with van der Waals surface area (Å²) in [5.74, 6) is 0.135. The molecule has 0 fully saturated rings. The molecule has 1 aromatic heterocycles. The van der Waals surface area contributed by atoms with Crippen LogP contribution in [0.4, 0.5) is 5.82 Å². The third-order valence-corrected chi connectivity index (χ3v) is 3.46. The van der Waals surface area contributed by atoms with Gasteiger partial charge in [0.25, 0.3) is 5.91 Å². The van der Waals surface area contributed by atoms with Gasteiger partial charge in [-0.25, -0.2) is 4.98 Å². The molecule has 0 aliphatic carbocycles. The van der Waals surface area contributed by atoms with Crippen LogP contribution in [-0.4, -0.2) is 10.9 Å². The van der Waals surface area contributed by atoms with Gasteiger partial charge in [-0.3, -0.25) is 4.79 Å². The molecule has 0 spiro atoms. The molecule has 2 rings (SSSR count). The van der Waals surface area contributed by atoms with E-state index in [0.717, 1.165) is 4.47 Å². The maximum absolute atomic E-state index is 12.0. The summed E-state index contributed by atoms with van der Waals surface area (Å²) in [7, 11) is 0. The lowest BCUT2D eigenvalue weighted by atomic mass is 10.2. The number of hydrogen-bond donors (Lipinski definition) is 1. The molecule has 1 heterocycles. The zero-order valence-corrected chi connectivity index (χ0v) is 12.7. The third-order valence-electron chi connectivity index (χ3n) is 2.31. The third kappa shape index (κ3) is 3.40. The highest BCUT2D eigenvalue weighted by molar-refractivity contribution is 9.11. The van der Waals surface area contributed by atoms with Crippen molar-refractivity contribution < 1.29 is 4.79 Å². The minimum atomic E-state index is -0.267. The maximum atomic E-state index is 12.0. The summed E-state index contributed by atoms with van der Waals surface area (Å²) >= 11 is 6.65. The first-order chi connectivity index (χ1) is 9.10. The van der Waals surface area contributed by atoms with E-state index in [-0.39, 0.29) is 5.91 Å². The predicted octanol–water partition coefficient (Wildman–Crippen LogP) is 3.73. The smallest absolute Gasteiger partial charge is 0.257 e. The van der Waals surface area contributed by atoms with E-state index < -0.39 is 0 Å². The number of amides is 1. The summed E-state index contributed by atoms with van der Waals surface area (Å²) in [6, 6.07) is 10.4. The number of carbonyl (C=O) groups excluding carboxylic acids is 1. The summed E-state index contributed by atoms with van der Waals surface area (Å²) in [6.07, 6.45) is 1.41. The number of nitrogens with one attached hydrogen (secondary N) is 1. The van der Waals surface area contributed by atoms with Crippen LogP contribution in [0.3, 0.4) is 0 Å². The summed E-state index contributed by atoms with van der Waals surface area (Å²) in [5.41, 5.74) is 0.956. The first-order valence-electron chi connectivity index (χ1n) is 5.22. The Labute approximate surface area is 126 Å². The highest BCUT2D eigenvalue weighted by Crippen LogP contribution is 2.22. The second kappa shape index (κ2) is 5.95. The number of carbonyl (C=O) groups is 1. The van der Waals surface area contributed by atoms with Gasteiger partial charge in [0.2, 0.25) is 0 Å². The normalized spacial score (nSPS) is 9.74. The van der Waals surface area contributed by atoms with Crippen LogP contribution in [0.25, 0.3) is 0 Å². The molecular formula is C13H7Br2N3O. The van der Waals surface area contributed by atoms with Gasteiger partial charge in [-0.1, -0.05) is 15.9 Å². The minimum Gasteiger partial charge on any atom is -0.307 e. The van der Waals surface area contributed by atoms with Crippen molar-refractivity contribution in [3.8, 4) is 6.07 Å². The van der Waals surface area contributed by atoms with Gasteiger partial charge in [-0.05, 0) is 46.3 Å². The maximum Gasteiger partial charge on any atom is 0.257 e. The lowest BCUT2D eigenvalue weighted by Gasteiger charge is -2.06. The molecular weight excluding hydrogens is 374 g/mol. The average molecular weight is 381 g/mol. The number of aromatic nitrogens is 1. The molecule has 0 aliphatic rings. The van der Waals surface area contributed by atoms with Crippen molar-refractivity contribution in [3.05, 3.63) is 56.6 Å². The fourth-order valence-corrected chi connectivity index (χ4v) is 2.62. The van der Waals surface area contributed by atoms with Crippen LogP contribution in [0.2, 0.25) is 0 Å². The van der Waals surface area contributed by atoms with Crippen molar-refractivity contribution in [3.63, 3.8) is 0 Å². The SMILES string of the molecule is N#Cc1ccc(NC(=O)c2ccc(Br)cc2Br)nc1. The van der Waals surface area contributed by atoms with Gasteiger partial charge in [0, 0.05) is 15.1 Å². The molecule has 6 heteroatoms. The van der Waals surface area contributed by atoms with Gasteiger partial charge in [-0.15, -0.1) is 0 Å². The molecule has 0 saturated heterocycles. The van der Waals surface area contributed by atoms with Crippen LogP contribution in [0.5, 0.6) is 0 Å². The number of anilines is 1. The Kier molecular flexibility index (Phi) is 4.30. The molecule has 0 unspecified atom stereocenters. The van der Waals surface area contributed by atoms with E-state index in [4.69, 9.17) is 5.26 Å². The van der Waals surface area contributed by atoms with E-state index in [1.165, 1.54) is 6.20 Å². The molecule has 94 valence electrons. The molecule has 0 radical (unpaired) electrons. The molecule has 0 aliphatic heterocycles. The van der Waals surface area contributed by atoms with Crippen LogP contribution in [0, 0.1) is 11.3 Å². The second-order valence-electron chi connectivity index (χ2n) is 3.62. The molecule has 0 bridgehead atoms. The molecule has 4 nitrogen and oxygen atoms in total. The molecule has 19 heavy (non-hydrogen) atoms. The second-order valence-corrected chi connectivity index (χ2v) is 5.39. The minimum absolute atomic E-state index is 0.267. The number of benzene rings is 1. The van der Waals surface area contributed by atoms with Crippen LogP contribution >= 0.6 is 31.9 Å². The Morgan fingerprint density at radius 2 is 2.05 bits per heavy atom.